The van der Waals surface area contributed by atoms with Gasteiger partial charge in [-0.25, -0.2) is 14.5 Å². The van der Waals surface area contributed by atoms with Crippen LogP contribution in [0.1, 0.15) is 25.7 Å². The predicted octanol–water partition coefficient (Wildman–Crippen LogP) is 3.68. The molecule has 1 unspecified atom stereocenters. The van der Waals surface area contributed by atoms with Crippen molar-refractivity contribution in [2.24, 2.45) is 5.92 Å². The summed E-state index contributed by atoms with van der Waals surface area (Å²) in [5.74, 6) is 2.18. The molecule has 1 atom stereocenters. The van der Waals surface area contributed by atoms with Gasteiger partial charge in [0.25, 0.3) is 0 Å². The predicted molar refractivity (Wildman–Crippen MR) is 105 cm³/mol. The number of hydrogen-bond acceptors (Lipinski definition) is 7. The van der Waals surface area contributed by atoms with Gasteiger partial charge >= 0.3 is 0 Å². The van der Waals surface area contributed by atoms with E-state index in [0.717, 1.165) is 18.2 Å². The quantitative estimate of drug-likeness (QED) is 0.511. The minimum Gasteiger partial charge on any atom is -0.480 e. The molecule has 1 fully saturated rings. The molecule has 0 saturated heterocycles. The number of furan rings is 1. The normalized spacial score (nSPS) is 17.1. The molecule has 1 saturated carbocycles. The fraction of sp³-hybridized carbons (Fsp3) is 0.333. The van der Waals surface area contributed by atoms with E-state index >= 15 is 0 Å². The first kappa shape index (κ1) is 17.7. The molecule has 29 heavy (non-hydrogen) atoms. The molecule has 0 spiro atoms. The number of Topliss-reactive ketones (excluding diaryl/α,β-unsaturated/α-hetero) is 1. The van der Waals surface area contributed by atoms with Crippen molar-refractivity contribution in [3.8, 4) is 23.2 Å². The Morgan fingerprint density at radius 3 is 3.07 bits per heavy atom. The van der Waals surface area contributed by atoms with Crippen LogP contribution in [0.2, 0.25) is 0 Å². The molecular weight excluding hydrogens is 372 g/mol. The van der Waals surface area contributed by atoms with E-state index in [9.17, 15) is 4.79 Å². The van der Waals surface area contributed by atoms with Crippen LogP contribution < -0.4 is 9.47 Å². The van der Waals surface area contributed by atoms with Crippen LogP contribution in [-0.2, 0) is 4.79 Å². The summed E-state index contributed by atoms with van der Waals surface area (Å²) < 4.78 is 18.9. The van der Waals surface area contributed by atoms with Gasteiger partial charge in [-0.3, -0.25) is 4.79 Å². The molecule has 8 nitrogen and oxygen atoms in total. The zero-order valence-electron chi connectivity index (χ0n) is 16.0. The topological polar surface area (TPSA) is 91.8 Å². The van der Waals surface area contributed by atoms with E-state index in [1.54, 1.807) is 36.2 Å². The van der Waals surface area contributed by atoms with Crippen LogP contribution in [-0.4, -0.2) is 39.1 Å². The van der Waals surface area contributed by atoms with Gasteiger partial charge in [0.2, 0.25) is 11.8 Å². The number of carbonyl (C=O) groups is 1. The fourth-order valence-electron chi connectivity index (χ4n) is 3.79. The van der Waals surface area contributed by atoms with E-state index < -0.39 is 0 Å². The summed E-state index contributed by atoms with van der Waals surface area (Å²) in [6.07, 6.45) is 6.59. The molecule has 1 aliphatic rings. The Kier molecular flexibility index (Phi) is 4.38. The summed E-state index contributed by atoms with van der Waals surface area (Å²) in [4.78, 5) is 20.2. The Hall–Kier alpha value is -3.42. The van der Waals surface area contributed by atoms with Gasteiger partial charge in [0.15, 0.2) is 11.4 Å². The standard InChI is InChI=1S/C21H20N4O4/c1-27-21-15-10-18(29-17(15)7-8-22-21)16-11-23-19-5-6-20(24-25(16)19)28-12-13-3-2-4-14(26)9-13/h5-8,10-11,13H,2-4,9,12H2,1H3. The number of ketones is 1. The summed E-state index contributed by atoms with van der Waals surface area (Å²) in [5.41, 5.74) is 2.07. The molecule has 4 heterocycles. The Balaban J connectivity index is 1.44. The molecule has 0 aromatic carbocycles. The second kappa shape index (κ2) is 7.20. The number of nitrogens with zero attached hydrogens (tertiary/aromatic N) is 4. The minimum atomic E-state index is 0.256. The first-order valence-electron chi connectivity index (χ1n) is 9.63. The van der Waals surface area contributed by atoms with Gasteiger partial charge in [0.05, 0.1) is 25.3 Å². The molecule has 0 N–H and O–H groups in total. The van der Waals surface area contributed by atoms with Gasteiger partial charge in [-0.2, -0.15) is 0 Å². The van der Waals surface area contributed by atoms with Crippen molar-refractivity contribution in [1.82, 2.24) is 19.6 Å². The molecule has 0 radical (unpaired) electrons. The molecule has 0 bridgehead atoms. The third-order valence-electron chi connectivity index (χ3n) is 5.24. The highest BCUT2D eigenvalue weighted by Gasteiger charge is 2.20. The first-order chi connectivity index (χ1) is 14.2. The van der Waals surface area contributed by atoms with E-state index in [4.69, 9.17) is 13.9 Å². The van der Waals surface area contributed by atoms with Gasteiger partial charge in [0, 0.05) is 31.2 Å². The summed E-state index contributed by atoms with van der Waals surface area (Å²) in [5, 5.41) is 5.35. The average molecular weight is 392 g/mol. The maximum atomic E-state index is 11.6. The van der Waals surface area contributed by atoms with Crippen molar-refractivity contribution in [3.05, 3.63) is 36.7 Å². The highest BCUT2D eigenvalue weighted by Crippen LogP contribution is 2.32. The molecule has 1 aliphatic carbocycles. The summed E-state index contributed by atoms with van der Waals surface area (Å²) in [6, 6.07) is 7.30. The van der Waals surface area contributed by atoms with E-state index in [-0.39, 0.29) is 5.92 Å². The van der Waals surface area contributed by atoms with Crippen molar-refractivity contribution in [2.75, 3.05) is 13.7 Å². The van der Waals surface area contributed by atoms with Gasteiger partial charge in [-0.05, 0) is 30.9 Å². The lowest BCUT2D eigenvalue weighted by molar-refractivity contribution is -0.121. The van der Waals surface area contributed by atoms with Crippen LogP contribution >= 0.6 is 0 Å². The minimum absolute atomic E-state index is 0.256. The van der Waals surface area contributed by atoms with Crippen molar-refractivity contribution in [3.63, 3.8) is 0 Å². The van der Waals surface area contributed by atoms with Gasteiger partial charge in [-0.15, -0.1) is 5.10 Å². The number of imidazole rings is 1. The molecular formula is C21H20N4O4. The van der Waals surface area contributed by atoms with Gasteiger partial charge < -0.3 is 13.9 Å². The highest BCUT2D eigenvalue weighted by molar-refractivity contribution is 5.86. The SMILES string of the molecule is COc1nccc2oc(-c3cnc4ccc(OCC5CCCC(=O)C5)nn34)cc12. The van der Waals surface area contributed by atoms with Crippen molar-refractivity contribution in [2.45, 2.75) is 25.7 Å². The van der Waals surface area contributed by atoms with Crippen molar-refractivity contribution < 1.29 is 18.7 Å². The Bertz CT molecular complexity index is 1200. The van der Waals surface area contributed by atoms with Crippen LogP contribution in [0.5, 0.6) is 11.8 Å². The lowest BCUT2D eigenvalue weighted by Crippen LogP contribution is -2.21. The van der Waals surface area contributed by atoms with Gasteiger partial charge in [-0.1, -0.05) is 0 Å². The lowest BCUT2D eigenvalue weighted by Gasteiger charge is -2.20. The van der Waals surface area contributed by atoms with Crippen LogP contribution in [0.4, 0.5) is 0 Å². The van der Waals surface area contributed by atoms with E-state index in [2.05, 4.69) is 15.1 Å². The third-order valence-corrected chi connectivity index (χ3v) is 5.24. The highest BCUT2D eigenvalue weighted by atomic mass is 16.5. The maximum Gasteiger partial charge on any atom is 0.231 e. The van der Waals surface area contributed by atoms with Crippen LogP contribution in [0.15, 0.2) is 41.1 Å². The summed E-state index contributed by atoms with van der Waals surface area (Å²) in [7, 11) is 1.58. The number of rotatable bonds is 5. The molecule has 8 heteroatoms. The second-order valence-electron chi connectivity index (χ2n) is 7.24. The monoisotopic (exact) mass is 392 g/mol. The number of fused-ring (bicyclic) bond motifs is 2. The summed E-state index contributed by atoms with van der Waals surface area (Å²) in [6.45, 7) is 0.488. The maximum absolute atomic E-state index is 11.6. The molecule has 5 rings (SSSR count). The Morgan fingerprint density at radius 1 is 1.28 bits per heavy atom. The zero-order valence-corrected chi connectivity index (χ0v) is 16.0. The van der Waals surface area contributed by atoms with Crippen LogP contribution in [0, 0.1) is 5.92 Å². The number of carbonyl (C=O) groups excluding carboxylic acids is 1. The Morgan fingerprint density at radius 2 is 2.21 bits per heavy atom. The lowest BCUT2D eigenvalue weighted by atomic mass is 9.89. The number of hydrogen-bond donors (Lipinski definition) is 0. The van der Waals surface area contributed by atoms with Crippen molar-refractivity contribution in [1.29, 1.82) is 0 Å². The Labute approximate surface area is 166 Å². The van der Waals surface area contributed by atoms with E-state index in [0.29, 0.717) is 59.7 Å². The van der Waals surface area contributed by atoms with E-state index in [1.165, 1.54) is 0 Å². The number of pyridine rings is 1. The first-order valence-corrected chi connectivity index (χ1v) is 9.63. The van der Waals surface area contributed by atoms with Gasteiger partial charge in [0.1, 0.15) is 17.1 Å². The fourth-order valence-corrected chi connectivity index (χ4v) is 3.79. The smallest absolute Gasteiger partial charge is 0.231 e. The average Bonchev–Trinajstić information content (AvgIpc) is 3.35. The van der Waals surface area contributed by atoms with E-state index in [1.807, 2.05) is 12.1 Å². The molecule has 0 aliphatic heterocycles. The number of ether oxygens (including phenoxy) is 2. The molecule has 4 aromatic heterocycles. The third kappa shape index (κ3) is 3.30. The number of aromatic nitrogens is 4. The zero-order chi connectivity index (χ0) is 19.8. The molecule has 148 valence electrons. The molecule has 0 amide bonds. The van der Waals surface area contributed by atoms with Crippen LogP contribution in [0.3, 0.4) is 0 Å². The van der Waals surface area contributed by atoms with Crippen LogP contribution in [0.25, 0.3) is 28.1 Å². The molecule has 4 aromatic rings. The van der Waals surface area contributed by atoms with Crippen molar-refractivity contribution >= 4 is 22.4 Å². The summed E-state index contributed by atoms with van der Waals surface area (Å²) >= 11 is 0. The number of methoxy groups -OCH3 is 1. The largest absolute Gasteiger partial charge is 0.480 e. The second-order valence-corrected chi connectivity index (χ2v) is 7.24.